The van der Waals surface area contributed by atoms with Crippen molar-refractivity contribution in [3.63, 3.8) is 0 Å². The zero-order valence-corrected chi connectivity index (χ0v) is 19.5. The van der Waals surface area contributed by atoms with E-state index in [4.69, 9.17) is 18.6 Å². The molecule has 0 bridgehead atoms. The minimum atomic E-state index is -0.353. The average molecular weight is 464 g/mol. The highest BCUT2D eigenvalue weighted by atomic mass is 19.1. The predicted molar refractivity (Wildman–Crippen MR) is 128 cm³/mol. The second-order valence-corrected chi connectivity index (χ2v) is 7.84. The molecule has 176 valence electrons. The van der Waals surface area contributed by atoms with Gasteiger partial charge in [0, 0.05) is 0 Å². The van der Waals surface area contributed by atoms with Gasteiger partial charge in [0.15, 0.2) is 11.5 Å². The molecule has 0 spiro atoms. The third-order valence-corrected chi connectivity index (χ3v) is 5.83. The maximum absolute atomic E-state index is 14.2. The van der Waals surface area contributed by atoms with E-state index in [9.17, 15) is 9.18 Å². The van der Waals surface area contributed by atoms with Gasteiger partial charge in [-0.2, -0.15) is 0 Å². The fraction of sp³-hybridized carbons (Fsp3) is 0.222. The lowest BCUT2D eigenvalue weighted by Gasteiger charge is -2.13. The number of fused-ring (bicyclic) bond motifs is 1. The van der Waals surface area contributed by atoms with Crippen LogP contribution in [-0.2, 0) is 11.3 Å². The van der Waals surface area contributed by atoms with Gasteiger partial charge in [0.2, 0.25) is 11.7 Å². The molecule has 0 unspecified atom stereocenters. The Bertz CT molecular complexity index is 1250. The molecule has 2 aromatic carbocycles. The zero-order chi connectivity index (χ0) is 24.2. The Morgan fingerprint density at radius 1 is 1.03 bits per heavy atom. The van der Waals surface area contributed by atoms with Crippen molar-refractivity contribution in [2.45, 2.75) is 19.9 Å². The Morgan fingerprint density at radius 3 is 2.38 bits per heavy atom. The van der Waals surface area contributed by atoms with Gasteiger partial charge in [0.25, 0.3) is 0 Å². The summed E-state index contributed by atoms with van der Waals surface area (Å²) in [6.07, 6.45) is 3.66. The van der Waals surface area contributed by atoms with Crippen molar-refractivity contribution in [1.29, 1.82) is 0 Å². The quantitative estimate of drug-likeness (QED) is 0.479. The standard InChI is InChI=1S/C27H26FNO5/c1-16-21(10-17-11-24(31-2)27(33-4)25(12-17)32-3)20-8-7-18(28)13-23(20)22(16)14-26(30)29-15-19-6-5-9-34-19/h5-13H,14-15H2,1-4H3,(H,29,30)/b21-10-. The van der Waals surface area contributed by atoms with Crippen molar-refractivity contribution in [3.05, 3.63) is 82.6 Å². The molecule has 0 atom stereocenters. The summed E-state index contributed by atoms with van der Waals surface area (Å²) in [7, 11) is 4.68. The van der Waals surface area contributed by atoms with Crippen molar-refractivity contribution in [2.24, 2.45) is 0 Å². The second kappa shape index (κ2) is 9.87. The smallest absolute Gasteiger partial charge is 0.224 e. The average Bonchev–Trinajstić information content (AvgIpc) is 3.45. The molecule has 1 N–H and O–H groups in total. The highest BCUT2D eigenvalue weighted by Gasteiger charge is 2.26. The summed E-state index contributed by atoms with van der Waals surface area (Å²) < 4.78 is 35.8. The van der Waals surface area contributed by atoms with Gasteiger partial charge < -0.3 is 23.9 Å². The van der Waals surface area contributed by atoms with Gasteiger partial charge >= 0.3 is 0 Å². The number of furan rings is 1. The number of halogens is 1. The summed E-state index contributed by atoms with van der Waals surface area (Å²) in [5.74, 6) is 1.71. The Hall–Kier alpha value is -4.00. The Balaban J connectivity index is 1.71. The molecule has 3 aromatic rings. The second-order valence-electron chi connectivity index (χ2n) is 7.84. The molecule has 1 aliphatic rings. The molecule has 0 radical (unpaired) electrons. The van der Waals surface area contributed by atoms with Crippen LogP contribution in [0.5, 0.6) is 17.2 Å². The monoisotopic (exact) mass is 463 g/mol. The molecule has 1 heterocycles. The van der Waals surface area contributed by atoms with Crippen LogP contribution in [0.1, 0.15) is 35.8 Å². The summed E-state index contributed by atoms with van der Waals surface area (Å²) in [4.78, 5) is 12.7. The van der Waals surface area contributed by atoms with Crippen molar-refractivity contribution in [1.82, 2.24) is 5.32 Å². The first-order valence-electron chi connectivity index (χ1n) is 10.8. The van der Waals surface area contributed by atoms with Crippen LogP contribution in [0, 0.1) is 5.82 Å². The number of carbonyl (C=O) groups is 1. The first-order valence-corrected chi connectivity index (χ1v) is 10.8. The van der Waals surface area contributed by atoms with E-state index in [0.29, 0.717) is 35.1 Å². The van der Waals surface area contributed by atoms with E-state index in [1.165, 1.54) is 12.1 Å². The molecule has 1 aromatic heterocycles. The number of rotatable bonds is 8. The first-order chi connectivity index (χ1) is 16.4. The summed E-state index contributed by atoms with van der Waals surface area (Å²) in [5.41, 5.74) is 4.99. The van der Waals surface area contributed by atoms with Gasteiger partial charge in [0.05, 0.1) is 40.6 Å². The lowest BCUT2D eigenvalue weighted by Crippen LogP contribution is -2.22. The lowest BCUT2D eigenvalue weighted by atomic mass is 10.00. The van der Waals surface area contributed by atoms with Crippen LogP contribution in [-0.4, -0.2) is 27.2 Å². The summed E-state index contributed by atoms with van der Waals surface area (Å²) in [6, 6.07) is 11.9. The molecule has 1 amide bonds. The number of methoxy groups -OCH3 is 3. The largest absolute Gasteiger partial charge is 0.493 e. The number of hydrogen-bond acceptors (Lipinski definition) is 5. The maximum Gasteiger partial charge on any atom is 0.224 e. The molecular formula is C27H26FNO5. The minimum Gasteiger partial charge on any atom is -0.493 e. The van der Waals surface area contributed by atoms with E-state index in [1.807, 2.05) is 25.1 Å². The van der Waals surface area contributed by atoms with Crippen LogP contribution in [0.3, 0.4) is 0 Å². The molecule has 0 fully saturated rings. The molecule has 0 aliphatic heterocycles. The van der Waals surface area contributed by atoms with Gasteiger partial charge in [-0.15, -0.1) is 0 Å². The van der Waals surface area contributed by atoms with Crippen molar-refractivity contribution >= 4 is 23.1 Å². The number of amides is 1. The fourth-order valence-corrected chi connectivity index (χ4v) is 4.15. The van der Waals surface area contributed by atoms with E-state index in [2.05, 4.69) is 5.32 Å². The normalized spacial score (nSPS) is 13.7. The van der Waals surface area contributed by atoms with E-state index in [-0.39, 0.29) is 18.1 Å². The zero-order valence-electron chi connectivity index (χ0n) is 19.5. The van der Waals surface area contributed by atoms with Crippen LogP contribution >= 0.6 is 0 Å². The molecular weight excluding hydrogens is 437 g/mol. The molecule has 0 saturated heterocycles. The first kappa shape index (κ1) is 23.2. The van der Waals surface area contributed by atoms with E-state index in [0.717, 1.165) is 27.8 Å². The van der Waals surface area contributed by atoms with Crippen molar-refractivity contribution in [2.75, 3.05) is 21.3 Å². The van der Waals surface area contributed by atoms with E-state index >= 15 is 0 Å². The van der Waals surface area contributed by atoms with E-state index < -0.39 is 0 Å². The summed E-state index contributed by atoms with van der Waals surface area (Å²) in [6.45, 7) is 2.24. The topological polar surface area (TPSA) is 69.9 Å². The Morgan fingerprint density at radius 2 is 1.76 bits per heavy atom. The third-order valence-electron chi connectivity index (χ3n) is 5.83. The summed E-state index contributed by atoms with van der Waals surface area (Å²) in [5, 5.41) is 2.86. The van der Waals surface area contributed by atoms with E-state index in [1.54, 1.807) is 45.8 Å². The predicted octanol–water partition coefficient (Wildman–Crippen LogP) is 5.48. The van der Waals surface area contributed by atoms with Crippen LogP contribution in [0.2, 0.25) is 0 Å². The SMILES string of the molecule is COc1cc(/C=C2/C(C)=C(CC(=O)NCc3ccco3)c3cc(F)ccc32)cc(OC)c1OC. The molecule has 34 heavy (non-hydrogen) atoms. The number of carbonyl (C=O) groups excluding carboxylic acids is 1. The van der Waals surface area contributed by atoms with Crippen LogP contribution in [0.15, 0.2) is 58.7 Å². The van der Waals surface area contributed by atoms with Gasteiger partial charge in [-0.05, 0) is 82.8 Å². The van der Waals surface area contributed by atoms with Gasteiger partial charge in [-0.3, -0.25) is 4.79 Å². The number of ether oxygens (including phenoxy) is 3. The third kappa shape index (κ3) is 4.55. The lowest BCUT2D eigenvalue weighted by molar-refractivity contribution is -0.120. The van der Waals surface area contributed by atoms with Gasteiger partial charge in [0.1, 0.15) is 11.6 Å². The molecule has 0 saturated carbocycles. The number of nitrogens with one attached hydrogen (secondary N) is 1. The molecule has 1 aliphatic carbocycles. The Labute approximate surface area is 197 Å². The van der Waals surface area contributed by atoms with Gasteiger partial charge in [-0.25, -0.2) is 4.39 Å². The summed E-state index contributed by atoms with van der Waals surface area (Å²) >= 11 is 0. The number of allylic oxidation sites excluding steroid dienone is 2. The van der Waals surface area contributed by atoms with Crippen LogP contribution in [0.4, 0.5) is 4.39 Å². The molecule has 6 nitrogen and oxygen atoms in total. The number of benzene rings is 2. The maximum atomic E-state index is 14.2. The van der Waals surface area contributed by atoms with Crippen molar-refractivity contribution < 1.29 is 27.8 Å². The van der Waals surface area contributed by atoms with Crippen LogP contribution < -0.4 is 19.5 Å². The molecule has 4 rings (SSSR count). The molecule has 7 heteroatoms. The highest BCUT2D eigenvalue weighted by molar-refractivity contribution is 6.08. The fourth-order valence-electron chi connectivity index (χ4n) is 4.15. The Kier molecular flexibility index (Phi) is 6.72. The van der Waals surface area contributed by atoms with Crippen molar-refractivity contribution in [3.8, 4) is 17.2 Å². The van der Waals surface area contributed by atoms with Crippen LogP contribution in [0.25, 0.3) is 17.2 Å². The highest BCUT2D eigenvalue weighted by Crippen LogP contribution is 2.45. The minimum absolute atomic E-state index is 0.121. The number of hydrogen-bond donors (Lipinski definition) is 1. The van der Waals surface area contributed by atoms with Gasteiger partial charge in [-0.1, -0.05) is 6.07 Å².